The zero-order valence-electron chi connectivity index (χ0n) is 27.9. The van der Waals surface area contributed by atoms with Gasteiger partial charge >= 0.3 is 0 Å². The summed E-state index contributed by atoms with van der Waals surface area (Å²) in [6.07, 6.45) is 0. The van der Waals surface area contributed by atoms with Crippen molar-refractivity contribution >= 4 is 97.1 Å². The summed E-state index contributed by atoms with van der Waals surface area (Å²) in [7, 11) is 0. The van der Waals surface area contributed by atoms with Crippen molar-refractivity contribution < 1.29 is 4.42 Å². The molecule has 0 amide bonds. The molecule has 4 heterocycles. The van der Waals surface area contributed by atoms with Gasteiger partial charge in [0.1, 0.15) is 11.2 Å². The molecule has 0 spiro atoms. The third kappa shape index (κ3) is 3.84. The van der Waals surface area contributed by atoms with Crippen LogP contribution in [0.1, 0.15) is 0 Å². The fraction of sp³-hybridized carbons (Fsp3) is 0. The van der Waals surface area contributed by atoms with Crippen LogP contribution in [0.5, 0.6) is 0 Å². The van der Waals surface area contributed by atoms with Crippen LogP contribution in [0.25, 0.3) is 108 Å². The molecule has 0 bridgehead atoms. The van der Waals surface area contributed by atoms with Crippen molar-refractivity contribution in [3.63, 3.8) is 0 Å². The van der Waals surface area contributed by atoms with Crippen LogP contribution >= 0.6 is 11.3 Å². The summed E-state index contributed by atoms with van der Waals surface area (Å²) in [5.74, 6) is 0. The number of furan rings is 1. The number of aromatic nitrogens is 2. The first kappa shape index (κ1) is 28.1. The Morgan fingerprint density at radius 3 is 1.81 bits per heavy atom. The lowest BCUT2D eigenvalue weighted by molar-refractivity contribution is 0.669. The van der Waals surface area contributed by atoms with Crippen molar-refractivity contribution in [1.29, 1.82) is 0 Å². The zero-order valence-corrected chi connectivity index (χ0v) is 28.7. The van der Waals surface area contributed by atoms with Gasteiger partial charge in [-0.25, -0.2) is 0 Å². The summed E-state index contributed by atoms with van der Waals surface area (Å²) < 4.78 is 13.9. The highest BCUT2D eigenvalue weighted by atomic mass is 32.1. The van der Waals surface area contributed by atoms with E-state index >= 15 is 0 Å². The topological polar surface area (TPSA) is 23.0 Å². The lowest BCUT2D eigenvalue weighted by atomic mass is 10.00. The van der Waals surface area contributed by atoms with Gasteiger partial charge in [-0.15, -0.1) is 11.3 Å². The first-order valence-electron chi connectivity index (χ1n) is 17.7. The monoisotopic (exact) mass is 680 g/mol. The number of nitrogens with zero attached hydrogens (tertiary/aromatic N) is 2. The first-order valence-corrected chi connectivity index (χ1v) is 18.5. The molecule has 52 heavy (non-hydrogen) atoms. The average Bonchev–Trinajstić information content (AvgIpc) is 3.94. The highest BCUT2D eigenvalue weighted by Crippen LogP contribution is 2.45. The third-order valence-electron chi connectivity index (χ3n) is 10.9. The molecule has 12 aromatic rings. The van der Waals surface area contributed by atoms with Gasteiger partial charge in [0.2, 0.25) is 0 Å². The van der Waals surface area contributed by atoms with E-state index in [-0.39, 0.29) is 0 Å². The molecule has 0 saturated heterocycles. The van der Waals surface area contributed by atoms with Crippen LogP contribution in [0.2, 0.25) is 0 Å². The molecule has 4 heteroatoms. The Labute approximate surface area is 301 Å². The molecule has 0 saturated carbocycles. The second-order valence-electron chi connectivity index (χ2n) is 13.7. The highest BCUT2D eigenvalue weighted by Gasteiger charge is 2.20. The van der Waals surface area contributed by atoms with Crippen LogP contribution in [0, 0.1) is 0 Å². The van der Waals surface area contributed by atoms with Gasteiger partial charge in [-0.05, 0) is 90.0 Å². The number of fused-ring (bicyclic) bond motifs is 13. The van der Waals surface area contributed by atoms with E-state index in [4.69, 9.17) is 4.42 Å². The SMILES string of the molecule is c1ccc(-n2c3ccc(-c4ccc5c6c7c(ccc6n(-c6ccccc6)c5c4)sc4ccccc47)cc3c3cc4oc5ccccc5c4cc32)cc1. The van der Waals surface area contributed by atoms with Crippen LogP contribution in [0.4, 0.5) is 0 Å². The molecular formula is C48H28N2OS. The molecule has 0 aliphatic carbocycles. The Morgan fingerprint density at radius 1 is 0.346 bits per heavy atom. The molecule has 8 aromatic carbocycles. The van der Waals surface area contributed by atoms with E-state index in [9.17, 15) is 0 Å². The number of para-hydroxylation sites is 3. The largest absolute Gasteiger partial charge is 0.456 e. The van der Waals surface area contributed by atoms with E-state index in [0.29, 0.717) is 0 Å². The molecule has 242 valence electrons. The minimum absolute atomic E-state index is 0.910. The Morgan fingerprint density at radius 2 is 0.981 bits per heavy atom. The average molecular weight is 681 g/mol. The zero-order chi connectivity index (χ0) is 33.9. The number of hydrogen-bond donors (Lipinski definition) is 0. The Hall–Kier alpha value is -6.62. The molecule has 0 radical (unpaired) electrons. The maximum atomic E-state index is 6.41. The standard InChI is InChI=1S/C48H28N2OS/c1-3-11-31(12-4-1)49-39-22-20-29(25-36(39)37-28-44-38(27-42(37)49)33-15-7-9-17-43(33)51-44)30-19-21-34-41(26-30)50(32-13-5-2-6-14-32)40-23-24-46-48(47(34)40)35-16-8-10-18-45(35)52-46/h1-28H. The van der Waals surface area contributed by atoms with Crippen LogP contribution in [-0.2, 0) is 0 Å². The molecule has 3 nitrogen and oxygen atoms in total. The van der Waals surface area contributed by atoms with E-state index < -0.39 is 0 Å². The minimum Gasteiger partial charge on any atom is -0.456 e. The van der Waals surface area contributed by atoms with Gasteiger partial charge < -0.3 is 13.6 Å². The molecule has 0 aliphatic heterocycles. The number of rotatable bonds is 3. The summed E-state index contributed by atoms with van der Waals surface area (Å²) in [6.45, 7) is 0. The quantitative estimate of drug-likeness (QED) is 0.182. The van der Waals surface area contributed by atoms with Crippen molar-refractivity contribution in [1.82, 2.24) is 9.13 Å². The predicted molar refractivity (Wildman–Crippen MR) is 221 cm³/mol. The number of thiophene rings is 1. The van der Waals surface area contributed by atoms with Crippen LogP contribution in [0.3, 0.4) is 0 Å². The summed E-state index contributed by atoms with van der Waals surface area (Å²) >= 11 is 1.88. The first-order chi connectivity index (χ1) is 25.8. The van der Waals surface area contributed by atoms with Crippen LogP contribution in [-0.4, -0.2) is 9.13 Å². The Balaban J connectivity index is 1.14. The minimum atomic E-state index is 0.910. The van der Waals surface area contributed by atoms with Gasteiger partial charge in [0.15, 0.2) is 0 Å². The second-order valence-corrected chi connectivity index (χ2v) is 14.8. The van der Waals surface area contributed by atoms with E-state index in [1.165, 1.54) is 74.9 Å². The maximum Gasteiger partial charge on any atom is 0.136 e. The van der Waals surface area contributed by atoms with Gasteiger partial charge in [0.05, 0.1) is 22.1 Å². The van der Waals surface area contributed by atoms with Gasteiger partial charge in [-0.2, -0.15) is 0 Å². The smallest absolute Gasteiger partial charge is 0.136 e. The van der Waals surface area contributed by atoms with E-state index in [0.717, 1.165) is 33.3 Å². The van der Waals surface area contributed by atoms with Gasteiger partial charge in [-0.1, -0.05) is 91.0 Å². The molecule has 12 rings (SSSR count). The molecule has 0 fully saturated rings. The van der Waals surface area contributed by atoms with Crippen molar-refractivity contribution in [3.8, 4) is 22.5 Å². The molecule has 0 unspecified atom stereocenters. The number of hydrogen-bond acceptors (Lipinski definition) is 2. The predicted octanol–water partition coefficient (Wildman–Crippen LogP) is 13.8. The number of benzene rings is 8. The van der Waals surface area contributed by atoms with Crippen LogP contribution < -0.4 is 0 Å². The fourth-order valence-corrected chi connectivity index (χ4v) is 9.74. The van der Waals surface area contributed by atoms with E-state index in [2.05, 4.69) is 173 Å². The van der Waals surface area contributed by atoms with E-state index in [1.807, 2.05) is 17.4 Å². The van der Waals surface area contributed by atoms with Gasteiger partial charge in [-0.3, -0.25) is 0 Å². The molecule has 0 atom stereocenters. The normalized spacial score (nSPS) is 12.2. The Bertz CT molecular complexity index is 3400. The van der Waals surface area contributed by atoms with Gasteiger partial charge in [0, 0.05) is 63.9 Å². The van der Waals surface area contributed by atoms with E-state index in [1.54, 1.807) is 0 Å². The lowest BCUT2D eigenvalue weighted by Gasteiger charge is -2.10. The van der Waals surface area contributed by atoms with Crippen molar-refractivity contribution in [2.24, 2.45) is 0 Å². The molecule has 0 N–H and O–H groups in total. The molecular weight excluding hydrogens is 653 g/mol. The summed E-state index contributed by atoms with van der Waals surface area (Å²) in [5.41, 5.74) is 11.3. The lowest BCUT2D eigenvalue weighted by Crippen LogP contribution is -1.93. The summed E-state index contributed by atoms with van der Waals surface area (Å²) in [4.78, 5) is 0. The molecule has 4 aromatic heterocycles. The maximum absolute atomic E-state index is 6.41. The summed E-state index contributed by atoms with van der Waals surface area (Å²) in [6, 6.07) is 61.7. The van der Waals surface area contributed by atoms with Crippen molar-refractivity contribution in [3.05, 3.63) is 170 Å². The van der Waals surface area contributed by atoms with Crippen molar-refractivity contribution in [2.45, 2.75) is 0 Å². The second kappa shape index (κ2) is 10.5. The van der Waals surface area contributed by atoms with Crippen molar-refractivity contribution in [2.75, 3.05) is 0 Å². The van der Waals surface area contributed by atoms with Gasteiger partial charge in [0.25, 0.3) is 0 Å². The fourth-order valence-electron chi connectivity index (χ4n) is 8.63. The van der Waals surface area contributed by atoms with Crippen LogP contribution in [0.15, 0.2) is 174 Å². The Kier molecular flexibility index (Phi) is 5.65. The highest BCUT2D eigenvalue weighted by molar-refractivity contribution is 7.26. The molecule has 0 aliphatic rings. The third-order valence-corrected chi connectivity index (χ3v) is 12.0. The summed E-state index contributed by atoms with van der Waals surface area (Å²) in [5, 5.41) is 9.91.